The van der Waals surface area contributed by atoms with E-state index in [9.17, 15) is 4.39 Å². The Morgan fingerprint density at radius 1 is 1.24 bits per heavy atom. The molecule has 0 saturated heterocycles. The highest BCUT2D eigenvalue weighted by atomic mass is 35.5. The van der Waals surface area contributed by atoms with Gasteiger partial charge in [0.15, 0.2) is 0 Å². The van der Waals surface area contributed by atoms with E-state index >= 15 is 0 Å². The van der Waals surface area contributed by atoms with E-state index in [1.807, 2.05) is 6.07 Å². The number of hydrogen-bond acceptors (Lipinski definition) is 2. The predicted molar refractivity (Wildman–Crippen MR) is 89.6 cm³/mol. The fourth-order valence-electron chi connectivity index (χ4n) is 3.31. The molecule has 2 nitrogen and oxygen atoms in total. The van der Waals surface area contributed by atoms with Crippen LogP contribution < -0.4 is 5.32 Å². The molecule has 0 radical (unpaired) electrons. The van der Waals surface area contributed by atoms with Gasteiger partial charge in [0, 0.05) is 11.6 Å². The van der Waals surface area contributed by atoms with Gasteiger partial charge in [-0.2, -0.15) is 0 Å². The second kappa shape index (κ2) is 8.11. The van der Waals surface area contributed by atoms with Crippen LogP contribution in [0, 0.1) is 5.82 Å². The summed E-state index contributed by atoms with van der Waals surface area (Å²) in [4.78, 5) is 2.29. The molecule has 1 aromatic carbocycles. The van der Waals surface area contributed by atoms with Crippen molar-refractivity contribution in [1.82, 2.24) is 10.2 Å². The summed E-state index contributed by atoms with van der Waals surface area (Å²) in [5.74, 6) is -0.340. The highest BCUT2D eigenvalue weighted by Gasteiger charge is 2.37. The molecule has 1 N–H and O–H groups in total. The first-order valence-electron chi connectivity index (χ1n) is 7.76. The zero-order valence-electron chi connectivity index (χ0n) is 13.8. The highest BCUT2D eigenvalue weighted by Crippen LogP contribution is 2.30. The monoisotopic (exact) mass is 314 g/mol. The van der Waals surface area contributed by atoms with Crippen LogP contribution in [0.5, 0.6) is 0 Å². The minimum atomic E-state index is -0.340. The Morgan fingerprint density at radius 2 is 1.86 bits per heavy atom. The van der Waals surface area contributed by atoms with E-state index in [4.69, 9.17) is 11.6 Å². The topological polar surface area (TPSA) is 15.3 Å². The van der Waals surface area contributed by atoms with Gasteiger partial charge in [0.05, 0.1) is 5.02 Å². The summed E-state index contributed by atoms with van der Waals surface area (Å²) in [5, 5.41) is 3.83. The Bertz CT molecular complexity index is 444. The minimum absolute atomic E-state index is 0.0334. The van der Waals surface area contributed by atoms with Crippen molar-refractivity contribution in [3.8, 4) is 0 Å². The van der Waals surface area contributed by atoms with Crippen LogP contribution in [0.2, 0.25) is 5.02 Å². The maximum atomic E-state index is 13.7. The normalized spacial score (nSPS) is 13.7. The third kappa shape index (κ3) is 3.97. The minimum Gasteiger partial charge on any atom is -0.312 e. The molecule has 0 aliphatic rings. The molecule has 0 amide bonds. The van der Waals surface area contributed by atoms with Crippen molar-refractivity contribution in [2.75, 3.05) is 20.6 Å². The molecule has 0 spiro atoms. The van der Waals surface area contributed by atoms with Crippen molar-refractivity contribution >= 4 is 11.6 Å². The van der Waals surface area contributed by atoms with Crippen LogP contribution in [0.15, 0.2) is 18.2 Å². The Kier molecular flexibility index (Phi) is 7.11. The quantitative estimate of drug-likeness (QED) is 0.776. The molecule has 0 bridgehead atoms. The molecule has 0 aromatic heterocycles. The van der Waals surface area contributed by atoms with Gasteiger partial charge in [-0.15, -0.1) is 0 Å². The van der Waals surface area contributed by atoms with Crippen LogP contribution >= 0.6 is 11.6 Å². The molecule has 1 aromatic rings. The Balaban J connectivity index is 3.14. The number of rotatable bonds is 8. The van der Waals surface area contributed by atoms with E-state index in [-0.39, 0.29) is 22.4 Å². The Morgan fingerprint density at radius 3 is 2.33 bits per heavy atom. The van der Waals surface area contributed by atoms with E-state index in [1.165, 1.54) is 6.07 Å². The van der Waals surface area contributed by atoms with Gasteiger partial charge < -0.3 is 10.2 Å². The lowest BCUT2D eigenvalue weighted by Crippen LogP contribution is -2.59. The molecule has 1 atom stereocenters. The summed E-state index contributed by atoms with van der Waals surface area (Å²) in [5.41, 5.74) is 0.904. The first-order valence-corrected chi connectivity index (χ1v) is 8.14. The highest BCUT2D eigenvalue weighted by molar-refractivity contribution is 6.31. The van der Waals surface area contributed by atoms with Crippen LogP contribution in [0.4, 0.5) is 4.39 Å². The zero-order valence-corrected chi connectivity index (χ0v) is 14.6. The molecule has 120 valence electrons. The van der Waals surface area contributed by atoms with Crippen molar-refractivity contribution in [3.05, 3.63) is 34.6 Å². The summed E-state index contributed by atoms with van der Waals surface area (Å²) in [6.07, 6.45) is 2.78. The summed E-state index contributed by atoms with van der Waals surface area (Å²) in [7, 11) is 4.23. The van der Waals surface area contributed by atoms with Gasteiger partial charge >= 0.3 is 0 Å². The van der Waals surface area contributed by atoms with Crippen molar-refractivity contribution in [2.45, 2.75) is 51.6 Å². The maximum absolute atomic E-state index is 13.7. The van der Waals surface area contributed by atoms with Gasteiger partial charge in [-0.1, -0.05) is 44.5 Å². The van der Waals surface area contributed by atoms with E-state index in [1.54, 1.807) is 6.07 Å². The first kappa shape index (κ1) is 18.4. The predicted octanol–water partition coefficient (Wildman–Crippen LogP) is 4.12. The van der Waals surface area contributed by atoms with Gasteiger partial charge in [-0.3, -0.25) is 0 Å². The molecule has 21 heavy (non-hydrogen) atoms. The lowest BCUT2D eigenvalue weighted by molar-refractivity contribution is 0.0889. The van der Waals surface area contributed by atoms with Crippen LogP contribution in [0.25, 0.3) is 0 Å². The van der Waals surface area contributed by atoms with Crippen LogP contribution in [0.3, 0.4) is 0 Å². The lowest BCUT2D eigenvalue weighted by Gasteiger charge is -2.45. The second-order valence-electron chi connectivity index (χ2n) is 5.73. The average molecular weight is 315 g/mol. The third-order valence-corrected chi connectivity index (χ3v) is 5.09. The lowest BCUT2D eigenvalue weighted by atomic mass is 9.80. The van der Waals surface area contributed by atoms with Gasteiger partial charge in [-0.05, 0) is 51.5 Å². The molecule has 1 rings (SSSR count). The summed E-state index contributed by atoms with van der Waals surface area (Å²) in [6, 6.07) is 5.29. The van der Waals surface area contributed by atoms with Gasteiger partial charge in [0.1, 0.15) is 5.82 Å². The SMILES string of the molecule is CCNC(Cc1cccc(F)c1Cl)C(CC)(CC)N(C)C. The number of nitrogens with one attached hydrogen (secondary N) is 1. The maximum Gasteiger partial charge on any atom is 0.142 e. The smallest absolute Gasteiger partial charge is 0.142 e. The molecular weight excluding hydrogens is 287 g/mol. The Labute approximate surface area is 133 Å². The zero-order chi connectivity index (χ0) is 16.0. The number of likely N-dealkylation sites (N-methyl/N-ethyl adjacent to an activating group) is 2. The Hall–Kier alpha value is -0.640. The molecule has 1 unspecified atom stereocenters. The van der Waals surface area contributed by atoms with Crippen molar-refractivity contribution < 1.29 is 4.39 Å². The summed E-state index contributed by atoms with van der Waals surface area (Å²) in [6.45, 7) is 7.40. The molecule has 4 heteroatoms. The van der Waals surface area contributed by atoms with Gasteiger partial charge in [0.2, 0.25) is 0 Å². The first-order chi connectivity index (χ1) is 9.92. The summed E-state index contributed by atoms with van der Waals surface area (Å²) < 4.78 is 13.7. The number of nitrogens with zero attached hydrogens (tertiary/aromatic N) is 1. The second-order valence-corrected chi connectivity index (χ2v) is 6.11. The fourth-order valence-corrected chi connectivity index (χ4v) is 3.51. The molecule has 0 aliphatic carbocycles. The van der Waals surface area contributed by atoms with Crippen molar-refractivity contribution in [3.63, 3.8) is 0 Å². The third-order valence-electron chi connectivity index (χ3n) is 4.67. The van der Waals surface area contributed by atoms with Crippen LogP contribution in [-0.4, -0.2) is 37.1 Å². The van der Waals surface area contributed by atoms with E-state index < -0.39 is 0 Å². The standard InChI is InChI=1S/C17H28ClFN2/c1-6-17(7-2,21(4)5)15(20-8-3)12-13-10-9-11-14(19)16(13)18/h9-11,15,20H,6-8,12H2,1-5H3. The van der Waals surface area contributed by atoms with Gasteiger partial charge in [0.25, 0.3) is 0 Å². The number of benzene rings is 1. The summed E-state index contributed by atoms with van der Waals surface area (Å²) >= 11 is 6.14. The molecule has 0 heterocycles. The van der Waals surface area contributed by atoms with Gasteiger partial charge in [-0.25, -0.2) is 4.39 Å². The van der Waals surface area contributed by atoms with E-state index in [2.05, 4.69) is 45.1 Å². The molecule has 0 fully saturated rings. The van der Waals surface area contributed by atoms with Crippen molar-refractivity contribution in [2.24, 2.45) is 0 Å². The fraction of sp³-hybridized carbons (Fsp3) is 0.647. The number of hydrogen-bond donors (Lipinski definition) is 1. The van der Waals surface area contributed by atoms with Crippen LogP contribution in [0.1, 0.15) is 39.2 Å². The number of halogens is 2. The van der Waals surface area contributed by atoms with E-state index in [0.29, 0.717) is 0 Å². The van der Waals surface area contributed by atoms with Crippen molar-refractivity contribution in [1.29, 1.82) is 0 Å². The van der Waals surface area contributed by atoms with E-state index in [0.717, 1.165) is 31.4 Å². The molecular formula is C17H28ClFN2. The molecule has 0 aliphatic heterocycles. The largest absolute Gasteiger partial charge is 0.312 e. The van der Waals surface area contributed by atoms with Crippen LogP contribution in [-0.2, 0) is 6.42 Å². The average Bonchev–Trinajstić information content (AvgIpc) is 2.45. The molecule has 0 saturated carbocycles.